The Morgan fingerprint density at radius 1 is 0.953 bits per heavy atom. The van der Waals surface area contributed by atoms with Crippen LogP contribution in [0.25, 0.3) is 12.3 Å². The molecular formula is C37H54N4O2. The smallest absolute Gasteiger partial charge is 0.129 e. The fourth-order valence-electron chi connectivity index (χ4n) is 3.94. The minimum Gasteiger partial charge on any atom is -0.508 e. The molecule has 1 aromatic heterocycles. The molecule has 0 radical (unpaired) electrons. The molecule has 6 nitrogen and oxygen atoms in total. The van der Waals surface area contributed by atoms with Crippen LogP contribution in [0.15, 0.2) is 64.8 Å². The molecule has 2 aromatic carbocycles. The van der Waals surface area contributed by atoms with E-state index < -0.39 is 0 Å². The van der Waals surface area contributed by atoms with Crippen LogP contribution < -0.4 is 10.7 Å². The number of phenols is 1. The molecule has 0 saturated carbocycles. The lowest BCUT2D eigenvalue weighted by molar-refractivity contribution is -0.117. The summed E-state index contributed by atoms with van der Waals surface area (Å²) in [5, 5.41) is 10.6. The fourth-order valence-corrected chi connectivity index (χ4v) is 3.94. The van der Waals surface area contributed by atoms with Gasteiger partial charge in [0.15, 0.2) is 0 Å². The Morgan fingerprint density at radius 3 is 2.21 bits per heavy atom. The van der Waals surface area contributed by atoms with E-state index in [4.69, 9.17) is 5.11 Å². The van der Waals surface area contributed by atoms with Crippen molar-refractivity contribution in [3.05, 3.63) is 82.2 Å². The van der Waals surface area contributed by atoms with E-state index in [1.165, 1.54) is 36.8 Å². The molecule has 0 amide bonds. The van der Waals surface area contributed by atoms with Crippen molar-refractivity contribution in [3.8, 4) is 5.75 Å². The molecule has 0 aliphatic rings. The topological polar surface area (TPSA) is 79.8 Å². The summed E-state index contributed by atoms with van der Waals surface area (Å²) in [6.45, 7) is 19.6. The number of aryl methyl sites for hydroxylation is 3. The van der Waals surface area contributed by atoms with Gasteiger partial charge in [0.1, 0.15) is 16.9 Å². The molecule has 0 bridgehead atoms. The summed E-state index contributed by atoms with van der Waals surface area (Å²) < 4.78 is 2.03. The highest BCUT2D eigenvalue weighted by Crippen LogP contribution is 2.11. The van der Waals surface area contributed by atoms with E-state index in [0.29, 0.717) is 18.7 Å². The molecule has 1 N–H and O–H groups in total. The fraction of sp³-hybridized carbons (Fsp3) is 0.459. The number of carbonyl (C=O) groups excluding carboxylic acids is 1. The molecule has 0 saturated heterocycles. The van der Waals surface area contributed by atoms with Crippen LogP contribution in [0.4, 0.5) is 0 Å². The van der Waals surface area contributed by atoms with Crippen LogP contribution in [0.1, 0.15) is 103 Å². The maximum atomic E-state index is 11.1. The number of aromatic hydroxyl groups is 1. The highest BCUT2D eigenvalue weighted by molar-refractivity contribution is 5.84. The van der Waals surface area contributed by atoms with Gasteiger partial charge >= 0.3 is 0 Å². The van der Waals surface area contributed by atoms with Gasteiger partial charge in [-0.1, -0.05) is 83.0 Å². The number of ketones is 1. The van der Waals surface area contributed by atoms with E-state index in [9.17, 15) is 4.79 Å². The lowest BCUT2D eigenvalue weighted by Crippen LogP contribution is -2.31. The van der Waals surface area contributed by atoms with Gasteiger partial charge in [-0.25, -0.2) is 4.98 Å². The second kappa shape index (κ2) is 21.8. The highest BCUT2D eigenvalue weighted by Gasteiger charge is 2.04. The van der Waals surface area contributed by atoms with Crippen molar-refractivity contribution in [2.24, 2.45) is 9.98 Å². The normalized spacial score (nSPS) is 11.2. The van der Waals surface area contributed by atoms with E-state index in [-0.39, 0.29) is 5.78 Å². The Labute approximate surface area is 260 Å². The molecule has 0 atom stereocenters. The summed E-state index contributed by atoms with van der Waals surface area (Å²) in [6, 6.07) is 15.6. The maximum Gasteiger partial charge on any atom is 0.129 e. The van der Waals surface area contributed by atoms with Crippen molar-refractivity contribution in [3.63, 3.8) is 0 Å². The second-order valence-electron chi connectivity index (χ2n) is 11.0. The first-order valence-electron chi connectivity index (χ1n) is 15.7. The van der Waals surface area contributed by atoms with Crippen molar-refractivity contribution in [2.45, 2.75) is 106 Å². The Morgan fingerprint density at radius 2 is 1.63 bits per heavy atom. The van der Waals surface area contributed by atoms with Gasteiger partial charge in [0, 0.05) is 24.9 Å². The van der Waals surface area contributed by atoms with Gasteiger partial charge in [-0.05, 0) is 82.2 Å². The molecule has 6 heteroatoms. The number of carbonyl (C=O) groups is 1. The van der Waals surface area contributed by atoms with E-state index in [0.717, 1.165) is 53.5 Å². The van der Waals surface area contributed by atoms with Crippen LogP contribution in [0, 0.1) is 6.92 Å². The number of imidazole rings is 1. The third-order valence-electron chi connectivity index (χ3n) is 6.67. The van der Waals surface area contributed by atoms with E-state index >= 15 is 0 Å². The van der Waals surface area contributed by atoms with Gasteiger partial charge in [-0.2, -0.15) is 0 Å². The summed E-state index contributed by atoms with van der Waals surface area (Å²) in [5.41, 5.74) is 5.37. The van der Waals surface area contributed by atoms with Crippen molar-refractivity contribution >= 4 is 30.0 Å². The number of hydrogen-bond acceptors (Lipinski definition) is 5. The summed E-state index contributed by atoms with van der Waals surface area (Å²) in [7, 11) is 0. The number of nitrogens with zero attached hydrogens (tertiary/aromatic N) is 4. The summed E-state index contributed by atoms with van der Waals surface area (Å²) in [6.07, 6.45) is 12.3. The van der Waals surface area contributed by atoms with E-state index in [1.54, 1.807) is 25.4 Å². The van der Waals surface area contributed by atoms with Crippen LogP contribution in [-0.2, 0) is 17.8 Å². The molecule has 0 fully saturated rings. The first-order valence-corrected chi connectivity index (χ1v) is 15.7. The zero-order chi connectivity index (χ0) is 32.0. The zero-order valence-electron chi connectivity index (χ0n) is 27.7. The SMILES string of the molecule is C=c1/c(=C(/CN=Cc2ccccc2C)N=C(C)C)ncn1CCCCC(C)=O.CCCC.CCCCc1ccc(O)cc1. The van der Waals surface area contributed by atoms with Crippen molar-refractivity contribution in [1.82, 2.24) is 9.55 Å². The van der Waals surface area contributed by atoms with Gasteiger partial charge in [0.2, 0.25) is 0 Å². The number of aliphatic imine (C=N–C) groups is 2. The lowest BCUT2D eigenvalue weighted by atomic mass is 10.1. The standard InChI is InChI=1S/C23H30N4O.C10H14O.C4H10/c1-17(2)26-22(15-24-14-21-12-7-6-10-18(21)3)23-20(5)27(16-25-23)13-9-8-11-19(4)28;1-2-3-4-9-5-7-10(11)8-6-9;1-3-4-2/h6-7,10,12,14,16H,5,8-9,11,13,15H2,1-4H3;5-8,11H,2-4H2,1H3;3-4H2,1-2H3/b23-22+,24-14?;;. The number of phenolic OH excluding ortho intramolecular Hbond substituents is 1. The van der Waals surface area contributed by atoms with Crippen molar-refractivity contribution in [1.29, 1.82) is 0 Å². The lowest BCUT2D eigenvalue weighted by Gasteiger charge is -2.02. The molecule has 234 valence electrons. The van der Waals surface area contributed by atoms with Gasteiger partial charge < -0.3 is 14.5 Å². The summed E-state index contributed by atoms with van der Waals surface area (Å²) in [4.78, 5) is 24.9. The first kappa shape index (κ1) is 37.2. The van der Waals surface area contributed by atoms with Crippen LogP contribution in [-0.4, -0.2) is 38.9 Å². The molecular weight excluding hydrogens is 532 g/mol. The molecule has 0 aliphatic carbocycles. The number of benzene rings is 2. The van der Waals surface area contributed by atoms with Crippen molar-refractivity contribution < 1.29 is 9.90 Å². The number of aromatic nitrogens is 2. The molecule has 3 rings (SSSR count). The molecule has 3 aromatic rings. The van der Waals surface area contributed by atoms with Gasteiger partial charge in [-0.15, -0.1) is 0 Å². The highest BCUT2D eigenvalue weighted by atomic mass is 16.3. The Bertz CT molecular complexity index is 1380. The molecule has 0 spiro atoms. The molecule has 1 heterocycles. The van der Waals surface area contributed by atoms with Gasteiger partial charge in [0.05, 0.1) is 23.9 Å². The number of Topliss-reactive ketones (excluding diaryl/α,β-unsaturated/α-hetero) is 1. The predicted molar refractivity (Wildman–Crippen MR) is 185 cm³/mol. The average molecular weight is 587 g/mol. The molecule has 0 aliphatic heterocycles. The molecule has 0 unspecified atom stereocenters. The van der Waals surface area contributed by atoms with Gasteiger partial charge in [-0.3, -0.25) is 9.98 Å². The minimum atomic E-state index is 0.232. The largest absolute Gasteiger partial charge is 0.508 e. The first-order chi connectivity index (χ1) is 20.6. The summed E-state index contributed by atoms with van der Waals surface area (Å²) >= 11 is 0. The van der Waals surface area contributed by atoms with E-state index in [2.05, 4.69) is 61.4 Å². The minimum absolute atomic E-state index is 0.232. The van der Waals surface area contributed by atoms with Gasteiger partial charge in [0.25, 0.3) is 0 Å². The second-order valence-corrected chi connectivity index (χ2v) is 11.0. The maximum absolute atomic E-state index is 11.1. The Hall–Kier alpha value is -3.80. The third kappa shape index (κ3) is 15.8. The number of unbranched alkanes of at least 4 members (excludes halogenated alkanes) is 3. The van der Waals surface area contributed by atoms with Crippen molar-refractivity contribution in [2.75, 3.05) is 6.54 Å². The Kier molecular flexibility index (Phi) is 18.9. The number of hydrogen-bond donors (Lipinski definition) is 1. The predicted octanol–water partition coefficient (Wildman–Crippen LogP) is 7.61. The third-order valence-corrected chi connectivity index (χ3v) is 6.67. The summed E-state index contributed by atoms with van der Waals surface area (Å²) in [5.74, 6) is 0.585. The number of rotatable bonds is 13. The average Bonchev–Trinajstić information content (AvgIpc) is 3.35. The van der Waals surface area contributed by atoms with Crippen LogP contribution in [0.5, 0.6) is 5.75 Å². The Balaban J connectivity index is 0.000000506. The molecule has 43 heavy (non-hydrogen) atoms. The van der Waals surface area contributed by atoms with E-state index in [1.807, 2.05) is 48.9 Å². The quantitative estimate of drug-likeness (QED) is 0.165. The van der Waals surface area contributed by atoms with Crippen LogP contribution >= 0.6 is 0 Å². The monoisotopic (exact) mass is 586 g/mol. The van der Waals surface area contributed by atoms with Crippen LogP contribution in [0.3, 0.4) is 0 Å². The van der Waals surface area contributed by atoms with Crippen LogP contribution in [0.2, 0.25) is 0 Å². The zero-order valence-corrected chi connectivity index (χ0v) is 27.7.